The molecule has 0 N–H and O–H groups in total. The van der Waals surface area contributed by atoms with Gasteiger partial charge >= 0.3 is 0 Å². The zero-order valence-electron chi connectivity index (χ0n) is 31.0. The van der Waals surface area contributed by atoms with E-state index in [0.717, 1.165) is 12.3 Å². The van der Waals surface area contributed by atoms with Gasteiger partial charge in [-0.2, -0.15) is 4.37 Å². The van der Waals surface area contributed by atoms with E-state index in [4.69, 9.17) is 4.42 Å². The molecule has 44 heavy (non-hydrogen) atoms. The second kappa shape index (κ2) is 19.2. The highest BCUT2D eigenvalue weighted by Gasteiger charge is 2.13. The topological polar surface area (TPSA) is 43.3 Å². The normalized spacial score (nSPS) is 13.0. The van der Waals surface area contributed by atoms with Gasteiger partial charge in [0.05, 0.1) is 18.5 Å². The lowest BCUT2D eigenvalue weighted by molar-refractivity contribution is 0.484. The van der Waals surface area contributed by atoms with Crippen molar-refractivity contribution in [2.75, 3.05) is 6.54 Å². The van der Waals surface area contributed by atoms with Crippen LogP contribution in [0.2, 0.25) is 0 Å². The number of nitrogens with zero attached hydrogens (tertiary/aromatic N) is 3. The van der Waals surface area contributed by atoms with E-state index in [1.165, 1.54) is 33.0 Å². The van der Waals surface area contributed by atoms with Crippen molar-refractivity contribution in [3.63, 3.8) is 0 Å². The minimum atomic E-state index is 0.502. The molecule has 0 bridgehead atoms. The maximum absolute atomic E-state index is 5.39. The number of allylic oxidation sites excluding steroid dienone is 1. The molecular weight excluding hydrogens is 559 g/mol. The van der Waals surface area contributed by atoms with Crippen molar-refractivity contribution in [3.05, 3.63) is 76.0 Å². The highest BCUT2D eigenvalue weighted by atomic mass is 32.1. The standard InChI is InChI=1S/2C10H17N.C10H16O.C9H15NS/c1-7(2)9-5-10(8(3)4)11-6-9;1-8(2)10-5-6-11(7-10)9(3)4;1-7(2)9-5-10(8(3)4)11-6-9;1-6(2)8-5-9(7(3)4)11-10-8/h5,7-8H,6H2,1-4H3;5-9H,1-4H3;5-8H,1-4H3;5-7H,1-4H3. The molecule has 3 aromatic rings. The van der Waals surface area contributed by atoms with E-state index in [0.29, 0.717) is 47.5 Å². The fourth-order valence-electron chi connectivity index (χ4n) is 4.08. The second-order valence-corrected chi connectivity index (χ2v) is 15.3. The highest BCUT2D eigenvalue weighted by molar-refractivity contribution is 7.05. The van der Waals surface area contributed by atoms with Crippen LogP contribution in [-0.4, -0.2) is 21.2 Å². The first-order valence-electron chi connectivity index (χ1n) is 16.9. The van der Waals surface area contributed by atoms with Crippen molar-refractivity contribution in [1.29, 1.82) is 0 Å². The van der Waals surface area contributed by atoms with Gasteiger partial charge in [0, 0.05) is 34.9 Å². The third kappa shape index (κ3) is 13.7. The molecule has 3 aromatic heterocycles. The zero-order chi connectivity index (χ0) is 33.7. The van der Waals surface area contributed by atoms with Gasteiger partial charge in [0.25, 0.3) is 0 Å². The number of aromatic nitrogens is 2. The monoisotopic (exact) mass is 623 g/mol. The summed E-state index contributed by atoms with van der Waals surface area (Å²) in [5.74, 6) is 5.26. The molecule has 0 spiro atoms. The second-order valence-electron chi connectivity index (χ2n) is 14.5. The maximum Gasteiger partial charge on any atom is 0.106 e. The molecule has 4 heterocycles. The molecule has 0 unspecified atom stereocenters. The van der Waals surface area contributed by atoms with E-state index >= 15 is 0 Å². The molecule has 248 valence electrons. The Balaban J connectivity index is 0.000000293. The predicted molar refractivity (Wildman–Crippen MR) is 196 cm³/mol. The molecule has 5 heteroatoms. The van der Waals surface area contributed by atoms with Crippen LogP contribution in [0.3, 0.4) is 0 Å². The van der Waals surface area contributed by atoms with Crippen molar-refractivity contribution >= 4 is 17.2 Å². The molecule has 1 aliphatic heterocycles. The summed E-state index contributed by atoms with van der Waals surface area (Å²) in [6.45, 7) is 36.0. The van der Waals surface area contributed by atoms with Crippen LogP contribution >= 0.6 is 11.5 Å². The summed E-state index contributed by atoms with van der Waals surface area (Å²) in [6.07, 6.45) is 8.50. The van der Waals surface area contributed by atoms with Crippen molar-refractivity contribution in [3.8, 4) is 0 Å². The first-order chi connectivity index (χ1) is 20.4. The van der Waals surface area contributed by atoms with Gasteiger partial charge in [0.1, 0.15) is 5.76 Å². The minimum absolute atomic E-state index is 0.502. The molecule has 4 nitrogen and oxygen atoms in total. The van der Waals surface area contributed by atoms with Crippen molar-refractivity contribution < 1.29 is 4.42 Å². The van der Waals surface area contributed by atoms with E-state index in [9.17, 15) is 0 Å². The Morgan fingerprint density at radius 1 is 0.682 bits per heavy atom. The largest absolute Gasteiger partial charge is 0.469 e. The van der Waals surface area contributed by atoms with Crippen LogP contribution in [0.25, 0.3) is 0 Å². The van der Waals surface area contributed by atoms with E-state index in [1.54, 1.807) is 11.5 Å². The van der Waals surface area contributed by atoms with Crippen LogP contribution in [0, 0.1) is 11.8 Å². The van der Waals surface area contributed by atoms with Gasteiger partial charge in [0.2, 0.25) is 0 Å². The smallest absolute Gasteiger partial charge is 0.106 e. The fraction of sp³-hybridized carbons (Fsp3) is 0.641. The predicted octanol–water partition coefficient (Wildman–Crippen LogP) is 12.8. The van der Waals surface area contributed by atoms with Crippen LogP contribution < -0.4 is 0 Å². The summed E-state index contributed by atoms with van der Waals surface area (Å²) in [6, 6.07) is 7.16. The van der Waals surface area contributed by atoms with Gasteiger partial charge in [-0.1, -0.05) is 96.9 Å². The van der Waals surface area contributed by atoms with Gasteiger partial charge in [-0.3, -0.25) is 4.99 Å². The quantitative estimate of drug-likeness (QED) is 0.250. The first-order valence-corrected chi connectivity index (χ1v) is 17.7. The maximum atomic E-state index is 5.39. The van der Waals surface area contributed by atoms with Gasteiger partial charge in [-0.25, -0.2) is 0 Å². The molecule has 0 radical (unpaired) electrons. The van der Waals surface area contributed by atoms with Crippen LogP contribution in [0.5, 0.6) is 0 Å². The lowest BCUT2D eigenvalue weighted by Crippen LogP contribution is -2.00. The van der Waals surface area contributed by atoms with Crippen LogP contribution in [0.15, 0.2) is 57.9 Å². The Morgan fingerprint density at radius 3 is 1.57 bits per heavy atom. The average Bonchev–Trinajstić information content (AvgIpc) is 3.76. The molecule has 0 aromatic carbocycles. The lowest BCUT2D eigenvalue weighted by Gasteiger charge is -2.06. The van der Waals surface area contributed by atoms with E-state index in [-0.39, 0.29) is 0 Å². The van der Waals surface area contributed by atoms with Gasteiger partial charge < -0.3 is 8.98 Å². The number of rotatable bonds is 8. The number of aliphatic imine (C=N–C) groups is 1. The third-order valence-electron chi connectivity index (χ3n) is 7.69. The highest BCUT2D eigenvalue weighted by Crippen LogP contribution is 2.24. The minimum Gasteiger partial charge on any atom is -0.469 e. The van der Waals surface area contributed by atoms with Gasteiger partial charge in [0.15, 0.2) is 0 Å². The van der Waals surface area contributed by atoms with Crippen molar-refractivity contribution in [2.24, 2.45) is 16.8 Å². The van der Waals surface area contributed by atoms with E-state index in [1.807, 2.05) is 6.26 Å². The molecule has 4 rings (SSSR count). The fourth-order valence-corrected chi connectivity index (χ4v) is 4.94. The van der Waals surface area contributed by atoms with Gasteiger partial charge in [-0.15, -0.1) is 0 Å². The van der Waals surface area contributed by atoms with Crippen molar-refractivity contribution in [1.82, 2.24) is 8.94 Å². The van der Waals surface area contributed by atoms with Crippen molar-refractivity contribution in [2.45, 2.75) is 146 Å². The zero-order valence-corrected chi connectivity index (χ0v) is 31.8. The first kappa shape index (κ1) is 39.6. The summed E-state index contributed by atoms with van der Waals surface area (Å²) in [5.41, 5.74) is 6.72. The molecule has 0 saturated carbocycles. The summed E-state index contributed by atoms with van der Waals surface area (Å²) in [7, 11) is 0. The van der Waals surface area contributed by atoms with Crippen LogP contribution in [0.4, 0.5) is 0 Å². The average molecular weight is 624 g/mol. The molecule has 0 amide bonds. The SMILES string of the molecule is CC(C)C1=CC(C(C)C)=NC1.CC(C)c1cc(C(C)C)sn1.CC(C)c1ccn(C(C)C)c1.CC(C)c1coc(C(C)C)c1. The summed E-state index contributed by atoms with van der Waals surface area (Å²) in [5, 5.41) is 0. The molecular formula is C39H65N3OS. The molecule has 0 saturated heterocycles. The Morgan fingerprint density at radius 2 is 1.30 bits per heavy atom. The van der Waals surface area contributed by atoms with Crippen LogP contribution in [-0.2, 0) is 0 Å². The lowest BCUT2D eigenvalue weighted by atomic mass is 10.0. The Hall–Kier alpha value is -2.40. The summed E-state index contributed by atoms with van der Waals surface area (Å²) >= 11 is 1.64. The van der Waals surface area contributed by atoms with E-state index in [2.05, 4.69) is 161 Å². The number of hydrogen-bond acceptors (Lipinski definition) is 4. The molecule has 1 aliphatic rings. The molecule has 0 atom stereocenters. The number of furan rings is 1. The Bertz CT molecular complexity index is 1070. The molecule has 0 aliphatic carbocycles. The number of hydrogen-bond donors (Lipinski definition) is 0. The van der Waals surface area contributed by atoms with Gasteiger partial charge in [-0.05, 0) is 102 Å². The van der Waals surface area contributed by atoms with E-state index < -0.39 is 0 Å². The van der Waals surface area contributed by atoms with Crippen LogP contribution in [0.1, 0.15) is 174 Å². The Kier molecular flexibility index (Phi) is 17.3. The summed E-state index contributed by atoms with van der Waals surface area (Å²) < 4.78 is 12.0. The Labute approximate surface area is 275 Å². The molecule has 0 fully saturated rings. The third-order valence-corrected chi connectivity index (χ3v) is 8.80. The summed E-state index contributed by atoms with van der Waals surface area (Å²) in [4.78, 5) is 5.86.